The van der Waals surface area contributed by atoms with Crippen molar-refractivity contribution in [1.82, 2.24) is 4.98 Å². The number of thiazole rings is 1. The number of hydrogen-bond acceptors (Lipinski definition) is 5. The Morgan fingerprint density at radius 2 is 1.84 bits per heavy atom. The maximum absolute atomic E-state index is 13.5. The van der Waals surface area contributed by atoms with Crippen molar-refractivity contribution >= 4 is 23.1 Å². The van der Waals surface area contributed by atoms with Crippen LogP contribution in [0.25, 0.3) is 10.6 Å². The number of benzene rings is 2. The minimum atomic E-state index is -0.709. The summed E-state index contributed by atoms with van der Waals surface area (Å²) >= 11 is 1.31. The zero-order chi connectivity index (χ0) is 17.8. The summed E-state index contributed by atoms with van der Waals surface area (Å²) in [6, 6.07) is 13.3. The van der Waals surface area contributed by atoms with Crippen molar-refractivity contribution in [3.63, 3.8) is 0 Å². The van der Waals surface area contributed by atoms with E-state index in [1.165, 1.54) is 29.5 Å². The summed E-state index contributed by atoms with van der Waals surface area (Å²) in [4.78, 5) is 28.2. The number of aryl methyl sites for hydroxylation is 1. The van der Waals surface area contributed by atoms with Crippen LogP contribution in [-0.4, -0.2) is 23.3 Å². The highest BCUT2D eigenvalue weighted by atomic mass is 32.1. The Kier molecular flexibility index (Phi) is 5.00. The zero-order valence-corrected chi connectivity index (χ0v) is 14.2. The number of nitrogens with zero attached hydrogens (tertiary/aromatic N) is 1. The number of carbonyl (C=O) groups is 2. The van der Waals surface area contributed by atoms with Gasteiger partial charge in [-0.15, -0.1) is 11.3 Å². The predicted octanol–water partition coefficient (Wildman–Crippen LogP) is 4.30. The van der Waals surface area contributed by atoms with E-state index >= 15 is 0 Å². The number of halogens is 1. The summed E-state index contributed by atoms with van der Waals surface area (Å²) in [5, 5.41) is 2.26. The van der Waals surface area contributed by atoms with E-state index in [1.807, 2.05) is 31.2 Å². The van der Waals surface area contributed by atoms with Gasteiger partial charge in [0, 0.05) is 10.9 Å². The standard InChI is InChI=1S/C19H14FNO3S/c1-12-6-8-13(9-7-12)18-21-16(11-25-18)19(23)24-10-17(22)14-4-2-3-5-15(14)20/h2-9,11H,10H2,1H3. The minimum Gasteiger partial charge on any atom is -0.453 e. The maximum Gasteiger partial charge on any atom is 0.358 e. The van der Waals surface area contributed by atoms with E-state index in [1.54, 1.807) is 11.4 Å². The number of ether oxygens (including phenoxy) is 1. The molecule has 4 nitrogen and oxygen atoms in total. The molecule has 0 aliphatic carbocycles. The van der Waals surface area contributed by atoms with Crippen molar-refractivity contribution in [1.29, 1.82) is 0 Å². The van der Waals surface area contributed by atoms with Crippen molar-refractivity contribution in [2.24, 2.45) is 0 Å². The Bertz CT molecular complexity index is 918. The lowest BCUT2D eigenvalue weighted by molar-refractivity contribution is 0.0468. The third-order valence-electron chi connectivity index (χ3n) is 3.52. The topological polar surface area (TPSA) is 56.3 Å². The van der Waals surface area contributed by atoms with Crippen molar-refractivity contribution in [3.05, 3.63) is 76.5 Å². The van der Waals surface area contributed by atoms with Crippen molar-refractivity contribution in [2.45, 2.75) is 6.92 Å². The van der Waals surface area contributed by atoms with Crippen molar-refractivity contribution in [2.75, 3.05) is 6.61 Å². The van der Waals surface area contributed by atoms with Crippen LogP contribution in [0.3, 0.4) is 0 Å². The van der Waals surface area contributed by atoms with Crippen LogP contribution in [0.4, 0.5) is 4.39 Å². The van der Waals surface area contributed by atoms with Gasteiger partial charge in [0.25, 0.3) is 0 Å². The lowest BCUT2D eigenvalue weighted by atomic mass is 10.1. The molecule has 3 rings (SSSR count). The van der Waals surface area contributed by atoms with Gasteiger partial charge in [0.2, 0.25) is 5.78 Å². The first-order chi connectivity index (χ1) is 12.0. The highest BCUT2D eigenvalue weighted by Crippen LogP contribution is 2.24. The first-order valence-electron chi connectivity index (χ1n) is 7.52. The average molecular weight is 355 g/mol. The van der Waals surface area contributed by atoms with E-state index in [-0.39, 0.29) is 11.3 Å². The van der Waals surface area contributed by atoms with E-state index < -0.39 is 24.2 Å². The van der Waals surface area contributed by atoms with Crippen LogP contribution in [0, 0.1) is 12.7 Å². The van der Waals surface area contributed by atoms with Crippen LogP contribution in [0.5, 0.6) is 0 Å². The number of esters is 1. The first-order valence-corrected chi connectivity index (χ1v) is 8.40. The fraction of sp³-hybridized carbons (Fsp3) is 0.105. The summed E-state index contributed by atoms with van der Waals surface area (Å²) in [5.41, 5.74) is 2.06. The van der Waals surface area contributed by atoms with E-state index in [4.69, 9.17) is 4.74 Å². The number of ketones is 1. The number of rotatable bonds is 5. The minimum absolute atomic E-state index is 0.103. The molecule has 3 aromatic rings. The van der Waals surface area contributed by atoms with Crippen molar-refractivity contribution < 1.29 is 18.7 Å². The largest absolute Gasteiger partial charge is 0.453 e. The van der Waals surface area contributed by atoms with Gasteiger partial charge in [-0.05, 0) is 19.1 Å². The second kappa shape index (κ2) is 7.36. The summed E-state index contributed by atoms with van der Waals surface area (Å²) in [7, 11) is 0. The van der Waals surface area contributed by atoms with Gasteiger partial charge in [-0.2, -0.15) is 0 Å². The van der Waals surface area contributed by atoms with Gasteiger partial charge in [0.1, 0.15) is 10.8 Å². The van der Waals surface area contributed by atoms with Crippen LogP contribution in [-0.2, 0) is 4.74 Å². The number of hydrogen-bond donors (Lipinski definition) is 0. The molecule has 0 N–H and O–H groups in total. The molecule has 0 unspecified atom stereocenters. The molecule has 2 aromatic carbocycles. The van der Waals surface area contributed by atoms with Crippen LogP contribution in [0.15, 0.2) is 53.9 Å². The molecule has 0 radical (unpaired) electrons. The summed E-state index contributed by atoms with van der Waals surface area (Å²) in [6.45, 7) is 1.46. The molecule has 0 spiro atoms. The van der Waals surface area contributed by atoms with Gasteiger partial charge >= 0.3 is 5.97 Å². The quantitative estimate of drug-likeness (QED) is 0.506. The van der Waals surface area contributed by atoms with E-state index in [2.05, 4.69) is 4.98 Å². The lowest BCUT2D eigenvalue weighted by Gasteiger charge is -2.03. The molecule has 0 atom stereocenters. The lowest BCUT2D eigenvalue weighted by Crippen LogP contribution is -2.15. The molecular weight excluding hydrogens is 341 g/mol. The average Bonchev–Trinajstić information content (AvgIpc) is 3.10. The monoisotopic (exact) mass is 355 g/mol. The second-order valence-corrected chi connectivity index (χ2v) is 6.24. The molecule has 0 amide bonds. The smallest absolute Gasteiger partial charge is 0.358 e. The predicted molar refractivity (Wildman–Crippen MR) is 93.3 cm³/mol. The Hall–Kier alpha value is -2.86. The highest BCUT2D eigenvalue weighted by molar-refractivity contribution is 7.13. The summed E-state index contributed by atoms with van der Waals surface area (Å²) in [5.74, 6) is -1.95. The fourth-order valence-electron chi connectivity index (χ4n) is 2.17. The molecule has 0 bridgehead atoms. The molecule has 25 heavy (non-hydrogen) atoms. The van der Waals surface area contributed by atoms with Crippen LogP contribution in [0.2, 0.25) is 0 Å². The molecule has 1 heterocycles. The third kappa shape index (κ3) is 3.97. The summed E-state index contributed by atoms with van der Waals surface area (Å²) < 4.78 is 18.5. The van der Waals surface area contributed by atoms with Gasteiger partial charge in [-0.1, -0.05) is 42.0 Å². The van der Waals surface area contributed by atoms with E-state index in [0.29, 0.717) is 5.01 Å². The molecule has 0 saturated heterocycles. The van der Waals surface area contributed by atoms with Gasteiger partial charge in [0.05, 0.1) is 5.56 Å². The van der Waals surface area contributed by atoms with E-state index in [0.717, 1.165) is 11.1 Å². The molecule has 0 aliphatic heterocycles. The summed E-state index contributed by atoms with van der Waals surface area (Å²) in [6.07, 6.45) is 0. The SMILES string of the molecule is Cc1ccc(-c2nc(C(=O)OCC(=O)c3ccccc3F)cs2)cc1. The van der Waals surface area contributed by atoms with Crippen molar-refractivity contribution in [3.8, 4) is 10.6 Å². The number of carbonyl (C=O) groups excluding carboxylic acids is 2. The first kappa shape index (κ1) is 17.0. The highest BCUT2D eigenvalue weighted by Gasteiger charge is 2.17. The molecular formula is C19H14FNO3S. The Morgan fingerprint density at radius 1 is 1.12 bits per heavy atom. The Morgan fingerprint density at radius 3 is 2.56 bits per heavy atom. The Balaban J connectivity index is 1.65. The zero-order valence-electron chi connectivity index (χ0n) is 13.4. The normalized spacial score (nSPS) is 10.5. The maximum atomic E-state index is 13.5. The van der Waals surface area contributed by atoms with E-state index in [9.17, 15) is 14.0 Å². The van der Waals surface area contributed by atoms with Gasteiger partial charge in [-0.25, -0.2) is 14.2 Å². The van der Waals surface area contributed by atoms with Gasteiger partial charge < -0.3 is 4.74 Å². The number of aromatic nitrogens is 1. The second-order valence-electron chi connectivity index (χ2n) is 5.38. The van der Waals surface area contributed by atoms with Crippen LogP contribution in [0.1, 0.15) is 26.4 Å². The molecule has 126 valence electrons. The molecule has 0 aliphatic rings. The third-order valence-corrected chi connectivity index (χ3v) is 4.41. The van der Waals surface area contributed by atoms with Gasteiger partial charge in [-0.3, -0.25) is 4.79 Å². The Labute approximate surface area is 147 Å². The van der Waals surface area contributed by atoms with Gasteiger partial charge in [0.15, 0.2) is 12.3 Å². The molecule has 6 heteroatoms. The number of Topliss-reactive ketones (excluding diaryl/α,β-unsaturated/α-hetero) is 1. The van der Waals surface area contributed by atoms with Crippen LogP contribution < -0.4 is 0 Å². The molecule has 0 fully saturated rings. The fourth-order valence-corrected chi connectivity index (χ4v) is 2.96. The molecule has 1 aromatic heterocycles. The molecule has 0 saturated carbocycles. The van der Waals surface area contributed by atoms with Crippen LogP contribution >= 0.6 is 11.3 Å².